The van der Waals surface area contributed by atoms with Crippen molar-refractivity contribution in [1.82, 2.24) is 4.98 Å². The van der Waals surface area contributed by atoms with E-state index in [4.69, 9.17) is 4.74 Å². The number of hydrogen-bond acceptors (Lipinski definition) is 5. The fraction of sp³-hybridized carbons (Fsp3) is 0.292. The number of thiazole rings is 1. The molecule has 0 aliphatic heterocycles. The number of fused-ring (bicyclic) bond motifs is 1. The van der Waals surface area contributed by atoms with Gasteiger partial charge < -0.3 is 10.1 Å². The molecule has 1 heterocycles. The van der Waals surface area contributed by atoms with Crippen molar-refractivity contribution in [1.29, 1.82) is 0 Å². The third-order valence-electron chi connectivity index (χ3n) is 5.14. The standard InChI is InChI=1S/C24H24N2O3S/c1-16-5-9-20(10-6-16)25-22(27)13-23-26-21(15-30-23)14-29-24(28)12-17-7-8-18-3-2-4-19(18)11-17/h5-11,15H,2-4,12-14H2,1H3,(H,25,27). The molecule has 1 amide bonds. The predicted molar refractivity (Wildman–Crippen MR) is 118 cm³/mol. The highest BCUT2D eigenvalue weighted by Gasteiger charge is 2.14. The summed E-state index contributed by atoms with van der Waals surface area (Å²) in [7, 11) is 0. The van der Waals surface area contributed by atoms with Gasteiger partial charge in [-0.1, -0.05) is 35.9 Å². The van der Waals surface area contributed by atoms with Gasteiger partial charge in [0.2, 0.25) is 5.91 Å². The molecular formula is C24H24N2O3S. The molecule has 0 saturated heterocycles. The van der Waals surface area contributed by atoms with Crippen LogP contribution in [0.2, 0.25) is 0 Å². The van der Waals surface area contributed by atoms with Crippen LogP contribution in [0.4, 0.5) is 5.69 Å². The highest BCUT2D eigenvalue weighted by Crippen LogP contribution is 2.23. The second-order valence-electron chi connectivity index (χ2n) is 7.62. The molecule has 0 atom stereocenters. The Labute approximate surface area is 180 Å². The number of rotatable bonds is 7. The molecule has 0 spiro atoms. The number of anilines is 1. The monoisotopic (exact) mass is 420 g/mol. The summed E-state index contributed by atoms with van der Waals surface area (Å²) in [5, 5.41) is 5.39. The number of ether oxygens (including phenoxy) is 1. The lowest BCUT2D eigenvalue weighted by Crippen LogP contribution is -2.14. The minimum atomic E-state index is -0.264. The van der Waals surface area contributed by atoms with Crippen molar-refractivity contribution in [2.75, 3.05) is 5.32 Å². The Kier molecular flexibility index (Phi) is 6.23. The summed E-state index contributed by atoms with van der Waals surface area (Å²) in [6.45, 7) is 2.13. The van der Waals surface area contributed by atoms with E-state index in [1.807, 2.05) is 42.6 Å². The SMILES string of the molecule is Cc1ccc(NC(=O)Cc2nc(COC(=O)Cc3ccc4c(c3)CCC4)cs2)cc1. The van der Waals surface area contributed by atoms with Crippen LogP contribution in [0.3, 0.4) is 0 Å². The smallest absolute Gasteiger partial charge is 0.310 e. The van der Waals surface area contributed by atoms with Gasteiger partial charge >= 0.3 is 5.97 Å². The van der Waals surface area contributed by atoms with Gasteiger partial charge in [-0.05, 0) is 55.0 Å². The fourth-order valence-corrected chi connectivity index (χ4v) is 4.36. The van der Waals surface area contributed by atoms with Gasteiger partial charge in [-0.25, -0.2) is 4.98 Å². The average Bonchev–Trinajstić information content (AvgIpc) is 3.37. The van der Waals surface area contributed by atoms with Crippen LogP contribution in [0.1, 0.15) is 39.4 Å². The van der Waals surface area contributed by atoms with Crippen molar-refractivity contribution in [3.8, 4) is 0 Å². The van der Waals surface area contributed by atoms with Crippen LogP contribution in [0.5, 0.6) is 0 Å². The molecule has 5 nitrogen and oxygen atoms in total. The Bertz CT molecular complexity index is 1060. The van der Waals surface area contributed by atoms with Crippen molar-refractivity contribution < 1.29 is 14.3 Å². The summed E-state index contributed by atoms with van der Waals surface area (Å²) in [6, 6.07) is 13.9. The summed E-state index contributed by atoms with van der Waals surface area (Å²) in [5.41, 5.74) is 6.32. The highest BCUT2D eigenvalue weighted by atomic mass is 32.1. The topological polar surface area (TPSA) is 68.3 Å². The lowest BCUT2D eigenvalue weighted by atomic mass is 10.0. The fourth-order valence-electron chi connectivity index (χ4n) is 3.58. The van der Waals surface area contributed by atoms with Crippen LogP contribution in [-0.2, 0) is 46.6 Å². The normalized spacial score (nSPS) is 12.4. The molecule has 0 radical (unpaired) electrons. The number of aryl methyl sites for hydroxylation is 3. The molecular weight excluding hydrogens is 396 g/mol. The maximum absolute atomic E-state index is 12.2. The Hall–Kier alpha value is -2.99. The van der Waals surface area contributed by atoms with Crippen LogP contribution in [0.15, 0.2) is 47.8 Å². The van der Waals surface area contributed by atoms with E-state index in [1.165, 1.54) is 28.9 Å². The molecule has 1 aliphatic carbocycles. The summed E-state index contributed by atoms with van der Waals surface area (Å²) in [6.07, 6.45) is 3.88. The van der Waals surface area contributed by atoms with Crippen molar-refractivity contribution >= 4 is 28.9 Å². The van der Waals surface area contributed by atoms with Crippen LogP contribution in [-0.4, -0.2) is 16.9 Å². The van der Waals surface area contributed by atoms with E-state index in [-0.39, 0.29) is 31.3 Å². The summed E-state index contributed by atoms with van der Waals surface area (Å²) >= 11 is 1.40. The number of amides is 1. The minimum absolute atomic E-state index is 0.117. The largest absolute Gasteiger partial charge is 0.459 e. The van der Waals surface area contributed by atoms with Gasteiger partial charge in [0.15, 0.2) is 0 Å². The first kappa shape index (κ1) is 20.3. The molecule has 0 fully saturated rings. The Morgan fingerprint density at radius 3 is 2.70 bits per heavy atom. The lowest BCUT2D eigenvalue weighted by Gasteiger charge is -2.06. The van der Waals surface area contributed by atoms with Gasteiger partial charge in [-0.3, -0.25) is 9.59 Å². The molecule has 1 aliphatic rings. The third-order valence-corrected chi connectivity index (χ3v) is 6.04. The summed E-state index contributed by atoms with van der Waals surface area (Å²) in [5.74, 6) is -0.382. The van der Waals surface area contributed by atoms with Gasteiger partial charge in [0.25, 0.3) is 0 Å². The molecule has 154 valence electrons. The molecule has 2 aromatic carbocycles. The molecule has 6 heteroatoms. The Morgan fingerprint density at radius 2 is 1.87 bits per heavy atom. The molecule has 4 rings (SSSR count). The highest BCUT2D eigenvalue weighted by molar-refractivity contribution is 7.09. The second kappa shape index (κ2) is 9.22. The van der Waals surface area contributed by atoms with Crippen LogP contribution < -0.4 is 5.32 Å². The number of carbonyl (C=O) groups is 2. The van der Waals surface area contributed by atoms with Crippen molar-refractivity contribution in [2.45, 2.75) is 45.6 Å². The lowest BCUT2D eigenvalue weighted by molar-refractivity contribution is -0.144. The van der Waals surface area contributed by atoms with Crippen molar-refractivity contribution in [3.63, 3.8) is 0 Å². The molecule has 0 saturated carbocycles. The van der Waals surface area contributed by atoms with E-state index < -0.39 is 0 Å². The molecule has 0 unspecified atom stereocenters. The number of carbonyl (C=O) groups excluding carboxylic acids is 2. The summed E-state index contributed by atoms with van der Waals surface area (Å²) in [4.78, 5) is 28.8. The first-order chi connectivity index (χ1) is 14.5. The maximum Gasteiger partial charge on any atom is 0.310 e. The summed E-state index contributed by atoms with van der Waals surface area (Å²) < 4.78 is 5.38. The number of hydrogen-bond donors (Lipinski definition) is 1. The number of nitrogens with one attached hydrogen (secondary N) is 1. The Balaban J connectivity index is 1.24. The van der Waals surface area contributed by atoms with Crippen molar-refractivity contribution in [3.05, 3.63) is 80.8 Å². The van der Waals surface area contributed by atoms with Gasteiger partial charge in [-0.15, -0.1) is 11.3 Å². The van der Waals surface area contributed by atoms with E-state index in [9.17, 15) is 9.59 Å². The maximum atomic E-state index is 12.2. The van der Waals surface area contributed by atoms with E-state index in [0.29, 0.717) is 10.7 Å². The zero-order chi connectivity index (χ0) is 20.9. The van der Waals surface area contributed by atoms with E-state index in [2.05, 4.69) is 22.4 Å². The van der Waals surface area contributed by atoms with Gasteiger partial charge in [0.05, 0.1) is 18.5 Å². The molecule has 3 aromatic rings. The molecule has 1 N–H and O–H groups in total. The van der Waals surface area contributed by atoms with Crippen LogP contribution in [0.25, 0.3) is 0 Å². The van der Waals surface area contributed by atoms with Crippen LogP contribution >= 0.6 is 11.3 Å². The minimum Gasteiger partial charge on any atom is -0.459 e. The first-order valence-corrected chi connectivity index (χ1v) is 11.0. The Morgan fingerprint density at radius 1 is 1.07 bits per heavy atom. The van der Waals surface area contributed by atoms with Gasteiger partial charge in [0.1, 0.15) is 11.6 Å². The molecule has 1 aromatic heterocycles. The number of nitrogens with zero attached hydrogens (tertiary/aromatic N) is 1. The van der Waals surface area contributed by atoms with E-state index in [1.54, 1.807) is 0 Å². The third kappa shape index (κ3) is 5.33. The number of esters is 1. The zero-order valence-corrected chi connectivity index (χ0v) is 17.8. The quantitative estimate of drug-likeness (QED) is 0.575. The van der Waals surface area contributed by atoms with E-state index in [0.717, 1.165) is 29.7 Å². The second-order valence-corrected chi connectivity index (χ2v) is 8.56. The van der Waals surface area contributed by atoms with Gasteiger partial charge in [0, 0.05) is 11.1 Å². The van der Waals surface area contributed by atoms with Crippen molar-refractivity contribution in [2.24, 2.45) is 0 Å². The molecule has 0 bridgehead atoms. The first-order valence-electron chi connectivity index (χ1n) is 10.1. The number of aromatic nitrogens is 1. The number of benzene rings is 2. The zero-order valence-electron chi connectivity index (χ0n) is 16.9. The predicted octanol–water partition coefficient (Wildman–Crippen LogP) is 4.41. The van der Waals surface area contributed by atoms with Crippen LogP contribution in [0, 0.1) is 6.92 Å². The molecule has 30 heavy (non-hydrogen) atoms. The van der Waals surface area contributed by atoms with Gasteiger partial charge in [-0.2, -0.15) is 0 Å². The average molecular weight is 421 g/mol. The van der Waals surface area contributed by atoms with E-state index >= 15 is 0 Å².